The highest BCUT2D eigenvalue weighted by molar-refractivity contribution is 6.41. The zero-order valence-corrected chi connectivity index (χ0v) is 15.9. The first-order chi connectivity index (χ1) is 12.2. The Hall–Kier alpha value is -2.16. The van der Waals surface area contributed by atoms with Crippen molar-refractivity contribution in [2.75, 3.05) is 6.61 Å². The van der Waals surface area contributed by atoms with E-state index < -0.39 is 28.7 Å². The Kier molecular flexibility index (Phi) is 6.22. The predicted molar refractivity (Wildman–Crippen MR) is 99.7 cm³/mol. The molecule has 0 atom stereocenters. The van der Waals surface area contributed by atoms with Gasteiger partial charge in [-0.1, -0.05) is 48.1 Å². The number of oxime groups is 1. The van der Waals surface area contributed by atoms with Crippen LogP contribution in [0.1, 0.15) is 42.6 Å². The molecule has 0 bridgehead atoms. The third-order valence-corrected chi connectivity index (χ3v) is 4.74. The number of benzene rings is 1. The molecular formula is C19H17Cl2NO4. The third kappa shape index (κ3) is 4.32. The number of carbonyl (C=O) groups is 3. The molecule has 0 saturated heterocycles. The van der Waals surface area contributed by atoms with Crippen LogP contribution < -0.4 is 0 Å². The Morgan fingerprint density at radius 3 is 2.54 bits per heavy atom. The summed E-state index contributed by atoms with van der Waals surface area (Å²) in [4.78, 5) is 42.3. The normalized spacial score (nSPS) is 17.3. The van der Waals surface area contributed by atoms with Gasteiger partial charge in [-0.25, -0.2) is 0 Å². The molecule has 0 spiro atoms. The maximum atomic E-state index is 12.8. The zero-order chi connectivity index (χ0) is 19.5. The van der Waals surface area contributed by atoms with Gasteiger partial charge < -0.3 is 4.84 Å². The van der Waals surface area contributed by atoms with Gasteiger partial charge in [0.2, 0.25) is 0 Å². The number of ketones is 3. The Balaban J connectivity index is 2.35. The van der Waals surface area contributed by atoms with E-state index in [0.717, 1.165) is 0 Å². The van der Waals surface area contributed by atoms with Gasteiger partial charge in [0.05, 0.1) is 16.3 Å². The van der Waals surface area contributed by atoms with E-state index in [1.165, 1.54) is 18.3 Å². The molecule has 1 aromatic rings. The number of terminal acetylenes is 1. The summed E-state index contributed by atoms with van der Waals surface area (Å²) in [7, 11) is 0. The van der Waals surface area contributed by atoms with Crippen molar-refractivity contribution >= 4 is 46.8 Å². The summed E-state index contributed by atoms with van der Waals surface area (Å²) in [6.07, 6.45) is 6.60. The van der Waals surface area contributed by atoms with Crippen molar-refractivity contribution in [1.82, 2.24) is 0 Å². The van der Waals surface area contributed by atoms with Crippen LogP contribution in [0.15, 0.2) is 17.3 Å². The molecule has 1 aromatic carbocycles. The van der Waals surface area contributed by atoms with Gasteiger partial charge in [-0.2, -0.15) is 0 Å². The van der Waals surface area contributed by atoms with Crippen LogP contribution in [0.5, 0.6) is 0 Å². The lowest BCUT2D eigenvalue weighted by atomic mass is 9.69. The summed E-state index contributed by atoms with van der Waals surface area (Å²) in [6, 6.07) is 2.85. The van der Waals surface area contributed by atoms with Crippen LogP contribution in [-0.4, -0.2) is 30.2 Å². The molecule has 1 fully saturated rings. The van der Waals surface area contributed by atoms with Crippen molar-refractivity contribution in [3.05, 3.63) is 33.3 Å². The molecule has 0 unspecified atom stereocenters. The van der Waals surface area contributed by atoms with Crippen molar-refractivity contribution in [3.8, 4) is 12.3 Å². The van der Waals surface area contributed by atoms with Crippen molar-refractivity contribution in [1.29, 1.82) is 0 Å². The smallest absolute Gasteiger partial charge is 0.182 e. The number of Topliss-reactive ketones (excluding diaryl/α,β-unsaturated/α-hetero) is 3. The summed E-state index contributed by atoms with van der Waals surface area (Å²) >= 11 is 12.4. The first kappa shape index (κ1) is 20.2. The van der Waals surface area contributed by atoms with Crippen LogP contribution in [-0.2, 0) is 14.4 Å². The number of carbonyl (C=O) groups excluding carboxylic acids is 3. The number of rotatable bonds is 5. The number of hydrogen-bond acceptors (Lipinski definition) is 5. The first-order valence-electron chi connectivity index (χ1n) is 7.84. The Morgan fingerprint density at radius 1 is 1.35 bits per heavy atom. The van der Waals surface area contributed by atoms with Crippen molar-refractivity contribution < 1.29 is 19.2 Å². The zero-order valence-electron chi connectivity index (χ0n) is 14.3. The average molecular weight is 394 g/mol. The fourth-order valence-electron chi connectivity index (χ4n) is 2.88. The van der Waals surface area contributed by atoms with E-state index in [2.05, 4.69) is 11.1 Å². The number of nitrogens with zero attached hydrogens (tertiary/aromatic N) is 1. The minimum absolute atomic E-state index is 0.000918. The molecular weight excluding hydrogens is 377 g/mol. The van der Waals surface area contributed by atoms with Gasteiger partial charge in [-0.3, -0.25) is 14.4 Å². The van der Waals surface area contributed by atoms with E-state index in [1.54, 1.807) is 0 Å². The molecule has 0 aromatic heterocycles. The quantitative estimate of drug-likeness (QED) is 0.191. The van der Waals surface area contributed by atoms with E-state index in [-0.39, 0.29) is 40.6 Å². The van der Waals surface area contributed by atoms with Crippen LogP contribution in [0.25, 0.3) is 0 Å². The largest absolute Gasteiger partial charge is 0.383 e. The molecule has 2 rings (SSSR count). The van der Waals surface area contributed by atoms with Crippen molar-refractivity contribution in [2.24, 2.45) is 16.5 Å². The minimum atomic E-state index is -1.33. The summed E-state index contributed by atoms with van der Waals surface area (Å²) in [6.45, 7) is 3.61. The summed E-state index contributed by atoms with van der Waals surface area (Å²) in [5.41, 5.74) is -0.158. The molecule has 0 amide bonds. The monoisotopic (exact) mass is 393 g/mol. The highest BCUT2D eigenvalue weighted by atomic mass is 35.5. The average Bonchev–Trinajstić information content (AvgIpc) is 2.52. The lowest BCUT2D eigenvalue weighted by molar-refractivity contribution is -0.137. The Morgan fingerprint density at radius 2 is 1.96 bits per heavy atom. The van der Waals surface area contributed by atoms with Crippen LogP contribution in [0, 0.1) is 23.7 Å². The van der Waals surface area contributed by atoms with Gasteiger partial charge in [0.15, 0.2) is 24.0 Å². The van der Waals surface area contributed by atoms with E-state index in [9.17, 15) is 14.4 Å². The molecule has 0 radical (unpaired) electrons. The fourth-order valence-corrected chi connectivity index (χ4v) is 3.44. The van der Waals surface area contributed by atoms with Crippen molar-refractivity contribution in [3.63, 3.8) is 0 Å². The molecule has 136 valence electrons. The Labute approximate surface area is 161 Å². The number of halogens is 2. The van der Waals surface area contributed by atoms with Gasteiger partial charge in [0.25, 0.3) is 0 Å². The van der Waals surface area contributed by atoms with E-state index in [0.29, 0.717) is 0 Å². The van der Waals surface area contributed by atoms with E-state index >= 15 is 0 Å². The molecule has 5 nitrogen and oxygen atoms in total. The van der Waals surface area contributed by atoms with Gasteiger partial charge >= 0.3 is 0 Å². The standard InChI is InChI=1S/C19H17Cl2NO4/c1-4-7-26-22-10-12-13(20)6-5-11(17(12)21)18(25)16-14(23)8-19(2,3)9-15(16)24/h1,5-6,10,16H,7-9H2,2-3H3/b22-10+. The highest BCUT2D eigenvalue weighted by Gasteiger charge is 2.44. The first-order valence-corrected chi connectivity index (χ1v) is 8.60. The second-order valence-electron chi connectivity index (χ2n) is 6.78. The summed E-state index contributed by atoms with van der Waals surface area (Å²) in [5.74, 6) is -0.504. The fraction of sp³-hybridized carbons (Fsp3) is 0.368. The third-order valence-electron chi connectivity index (χ3n) is 4.01. The molecule has 0 N–H and O–H groups in total. The van der Waals surface area contributed by atoms with Gasteiger partial charge in [-0.05, 0) is 17.5 Å². The van der Waals surface area contributed by atoms with Gasteiger partial charge in [-0.15, -0.1) is 6.42 Å². The van der Waals surface area contributed by atoms with Gasteiger partial charge in [0.1, 0.15) is 5.92 Å². The van der Waals surface area contributed by atoms with E-state index in [4.69, 9.17) is 34.5 Å². The van der Waals surface area contributed by atoms with Gasteiger partial charge in [0, 0.05) is 24.0 Å². The second kappa shape index (κ2) is 8.03. The van der Waals surface area contributed by atoms with Crippen LogP contribution >= 0.6 is 23.2 Å². The molecule has 26 heavy (non-hydrogen) atoms. The van der Waals surface area contributed by atoms with Crippen LogP contribution in [0.2, 0.25) is 10.0 Å². The van der Waals surface area contributed by atoms with Crippen molar-refractivity contribution in [2.45, 2.75) is 26.7 Å². The maximum absolute atomic E-state index is 12.8. The molecule has 1 aliphatic carbocycles. The number of hydrogen-bond donors (Lipinski definition) is 0. The lowest BCUT2D eigenvalue weighted by Crippen LogP contribution is -2.41. The molecule has 7 heteroatoms. The molecule has 0 aliphatic heterocycles. The van der Waals surface area contributed by atoms with Crippen LogP contribution in [0.3, 0.4) is 0 Å². The topological polar surface area (TPSA) is 72.8 Å². The highest BCUT2D eigenvalue weighted by Crippen LogP contribution is 2.36. The molecule has 0 heterocycles. The van der Waals surface area contributed by atoms with Crippen LogP contribution in [0.4, 0.5) is 0 Å². The van der Waals surface area contributed by atoms with E-state index in [1.807, 2.05) is 13.8 Å². The predicted octanol–water partition coefficient (Wildman–Crippen LogP) is 3.73. The minimum Gasteiger partial charge on any atom is -0.383 e. The summed E-state index contributed by atoms with van der Waals surface area (Å²) in [5, 5.41) is 3.87. The summed E-state index contributed by atoms with van der Waals surface area (Å²) < 4.78 is 0. The second-order valence-corrected chi connectivity index (χ2v) is 7.57. The lowest BCUT2D eigenvalue weighted by Gasteiger charge is -2.31. The Bertz CT molecular complexity index is 817. The SMILES string of the molecule is C#CCO/N=C/c1c(Cl)ccc(C(=O)C2C(=O)CC(C)(C)CC2=O)c1Cl. The molecule has 1 aliphatic rings. The maximum Gasteiger partial charge on any atom is 0.182 e. The molecule has 1 saturated carbocycles.